The zero-order chi connectivity index (χ0) is 19.8. The van der Waals surface area contributed by atoms with E-state index in [0.29, 0.717) is 25.9 Å². The molecule has 2 heterocycles. The van der Waals surface area contributed by atoms with Gasteiger partial charge < -0.3 is 15.0 Å². The number of amides is 2. The Kier molecular flexibility index (Phi) is 5.68. The maximum atomic E-state index is 13.1. The molecule has 0 aromatic rings. The molecule has 0 radical (unpaired) electrons. The van der Waals surface area contributed by atoms with Crippen LogP contribution in [0.4, 0.5) is 0 Å². The van der Waals surface area contributed by atoms with Gasteiger partial charge in [0.15, 0.2) is 9.84 Å². The summed E-state index contributed by atoms with van der Waals surface area (Å²) in [6, 6.07) is -0.640. The number of allylic oxidation sites excluding steroid dienone is 2. The summed E-state index contributed by atoms with van der Waals surface area (Å²) >= 11 is 0. The first-order valence-electron chi connectivity index (χ1n) is 9.60. The third-order valence-corrected chi connectivity index (χ3v) is 7.84. The van der Waals surface area contributed by atoms with Crippen molar-refractivity contribution in [2.45, 2.75) is 45.3 Å². The molecule has 1 aliphatic carbocycles. The van der Waals surface area contributed by atoms with Crippen molar-refractivity contribution in [3.8, 4) is 0 Å². The number of sulfone groups is 1. The number of piperidine rings is 1. The van der Waals surface area contributed by atoms with Crippen LogP contribution in [0.5, 0.6) is 0 Å². The number of ether oxygens (including phenoxy) is 1. The summed E-state index contributed by atoms with van der Waals surface area (Å²) in [7, 11) is -1.67. The number of hydrogen-bond donors (Lipinski definition) is 1. The van der Waals surface area contributed by atoms with Gasteiger partial charge in [0.25, 0.3) is 0 Å². The number of hydrogen-bond acceptors (Lipinski definition) is 5. The van der Waals surface area contributed by atoms with Gasteiger partial charge in [0.2, 0.25) is 11.8 Å². The fourth-order valence-electron chi connectivity index (χ4n) is 4.56. The van der Waals surface area contributed by atoms with Crippen molar-refractivity contribution in [3.63, 3.8) is 0 Å². The smallest absolute Gasteiger partial charge is 0.228 e. The van der Waals surface area contributed by atoms with E-state index in [0.717, 1.165) is 6.42 Å². The van der Waals surface area contributed by atoms with Crippen LogP contribution in [0, 0.1) is 17.3 Å². The molecule has 3 aliphatic rings. The van der Waals surface area contributed by atoms with Crippen molar-refractivity contribution < 1.29 is 22.7 Å². The molecule has 27 heavy (non-hydrogen) atoms. The van der Waals surface area contributed by atoms with Crippen LogP contribution in [-0.4, -0.2) is 69.0 Å². The van der Waals surface area contributed by atoms with Gasteiger partial charge in [-0.25, -0.2) is 8.42 Å². The number of carbonyl (C=O) groups is 2. The first-order chi connectivity index (χ1) is 12.6. The van der Waals surface area contributed by atoms with E-state index in [1.165, 1.54) is 0 Å². The molecule has 3 rings (SSSR count). The minimum atomic E-state index is -3.34. The summed E-state index contributed by atoms with van der Waals surface area (Å²) in [5.41, 5.74) is -0.200. The monoisotopic (exact) mass is 398 g/mol. The van der Waals surface area contributed by atoms with E-state index in [2.05, 4.69) is 19.2 Å². The molecule has 2 fully saturated rings. The van der Waals surface area contributed by atoms with E-state index < -0.39 is 21.8 Å². The number of likely N-dealkylation sites (tertiary alicyclic amines) is 1. The van der Waals surface area contributed by atoms with E-state index in [4.69, 9.17) is 4.74 Å². The van der Waals surface area contributed by atoms with Gasteiger partial charge in [0, 0.05) is 31.5 Å². The molecule has 0 aromatic heterocycles. The number of rotatable bonds is 4. The lowest BCUT2D eigenvalue weighted by Crippen LogP contribution is -2.55. The minimum Gasteiger partial charge on any atom is -0.381 e. The van der Waals surface area contributed by atoms with E-state index >= 15 is 0 Å². The van der Waals surface area contributed by atoms with Crippen LogP contribution in [0.2, 0.25) is 0 Å². The molecule has 7 nitrogen and oxygen atoms in total. The summed E-state index contributed by atoms with van der Waals surface area (Å²) in [4.78, 5) is 27.3. The second kappa shape index (κ2) is 7.54. The van der Waals surface area contributed by atoms with Crippen LogP contribution in [0.1, 0.15) is 33.1 Å². The van der Waals surface area contributed by atoms with Gasteiger partial charge in [0.1, 0.15) is 0 Å². The van der Waals surface area contributed by atoms with Gasteiger partial charge in [-0.1, -0.05) is 26.0 Å². The lowest BCUT2D eigenvalue weighted by atomic mass is 9.80. The largest absolute Gasteiger partial charge is 0.381 e. The summed E-state index contributed by atoms with van der Waals surface area (Å²) < 4.78 is 30.0. The number of carbonyl (C=O) groups excluding carboxylic acids is 2. The number of nitrogens with zero attached hydrogens (tertiary/aromatic N) is 1. The number of methoxy groups -OCH3 is 1. The van der Waals surface area contributed by atoms with E-state index in [1.54, 1.807) is 12.0 Å². The summed E-state index contributed by atoms with van der Waals surface area (Å²) in [5.74, 6) is -1.53. The van der Waals surface area contributed by atoms with Gasteiger partial charge >= 0.3 is 0 Å². The fraction of sp³-hybridized carbons (Fsp3) is 0.789. The Morgan fingerprint density at radius 2 is 1.85 bits per heavy atom. The zero-order valence-electron chi connectivity index (χ0n) is 16.3. The van der Waals surface area contributed by atoms with E-state index in [9.17, 15) is 18.0 Å². The molecule has 0 saturated carbocycles. The van der Waals surface area contributed by atoms with Crippen molar-refractivity contribution in [2.24, 2.45) is 17.3 Å². The predicted octanol–water partition coefficient (Wildman–Crippen LogP) is 0.756. The average molecular weight is 399 g/mol. The highest BCUT2D eigenvalue weighted by molar-refractivity contribution is 7.91. The molecule has 0 bridgehead atoms. The highest BCUT2D eigenvalue weighted by atomic mass is 32.2. The van der Waals surface area contributed by atoms with Gasteiger partial charge in [-0.15, -0.1) is 0 Å². The van der Waals surface area contributed by atoms with Crippen LogP contribution in [-0.2, 0) is 24.2 Å². The van der Waals surface area contributed by atoms with Crippen LogP contribution in [0.15, 0.2) is 12.2 Å². The minimum absolute atomic E-state index is 0.0687. The first-order valence-corrected chi connectivity index (χ1v) is 11.4. The Hall–Kier alpha value is -1.41. The molecule has 1 unspecified atom stereocenters. The lowest BCUT2D eigenvalue weighted by Gasteiger charge is -2.44. The van der Waals surface area contributed by atoms with Crippen LogP contribution in [0.25, 0.3) is 0 Å². The topological polar surface area (TPSA) is 92.8 Å². The fourth-order valence-corrected chi connectivity index (χ4v) is 6.48. The van der Waals surface area contributed by atoms with Crippen molar-refractivity contribution in [1.82, 2.24) is 10.2 Å². The second-order valence-corrected chi connectivity index (χ2v) is 10.9. The maximum absolute atomic E-state index is 13.1. The third-order valence-electron chi connectivity index (χ3n) is 6.10. The van der Waals surface area contributed by atoms with Crippen LogP contribution < -0.4 is 5.32 Å². The van der Waals surface area contributed by atoms with E-state index in [-0.39, 0.29) is 40.8 Å². The molecule has 2 saturated heterocycles. The average Bonchev–Trinajstić information content (AvgIpc) is 3.21. The normalized spacial score (nSPS) is 32.6. The zero-order valence-corrected chi connectivity index (χ0v) is 17.1. The predicted molar refractivity (Wildman–Crippen MR) is 102 cm³/mol. The molecule has 2 aliphatic heterocycles. The second-order valence-electron chi connectivity index (χ2n) is 8.70. The highest BCUT2D eigenvalue weighted by Crippen LogP contribution is 2.33. The molecule has 2 amide bonds. The summed E-state index contributed by atoms with van der Waals surface area (Å²) in [6.07, 6.45) is 6.05. The van der Waals surface area contributed by atoms with Gasteiger partial charge in [-0.2, -0.15) is 0 Å². The highest BCUT2D eigenvalue weighted by Gasteiger charge is 2.47. The van der Waals surface area contributed by atoms with Crippen molar-refractivity contribution in [2.75, 3.05) is 31.7 Å². The maximum Gasteiger partial charge on any atom is 0.228 e. The molecule has 1 N–H and O–H groups in total. The van der Waals surface area contributed by atoms with Gasteiger partial charge in [-0.05, 0) is 19.3 Å². The number of nitrogens with one attached hydrogen (secondary N) is 1. The molecule has 8 heteroatoms. The summed E-state index contributed by atoms with van der Waals surface area (Å²) in [6.45, 7) is 5.18. The molecule has 0 spiro atoms. The molecule has 3 atom stereocenters. The Morgan fingerprint density at radius 3 is 2.44 bits per heavy atom. The molecular weight excluding hydrogens is 368 g/mol. The van der Waals surface area contributed by atoms with Crippen molar-refractivity contribution in [1.29, 1.82) is 0 Å². The van der Waals surface area contributed by atoms with E-state index in [1.807, 2.05) is 12.2 Å². The molecule has 152 valence electrons. The third kappa shape index (κ3) is 4.37. The van der Waals surface area contributed by atoms with Crippen LogP contribution in [0.3, 0.4) is 0 Å². The quantitative estimate of drug-likeness (QED) is 0.706. The lowest BCUT2D eigenvalue weighted by molar-refractivity contribution is -0.143. The van der Waals surface area contributed by atoms with Crippen LogP contribution >= 0.6 is 0 Å². The Bertz CT molecular complexity index is 722. The summed E-state index contributed by atoms with van der Waals surface area (Å²) in [5, 5.41) is 2.86. The Labute approximate surface area is 161 Å². The molecular formula is C19H30N2O5S. The Balaban J connectivity index is 1.70. The standard InChI is InChI=1S/C19H30N2O5S/c1-19(2)12-21(9-8-16(19)26-3)18(23)14-10-27(24,25)11-15(14)20-17(22)13-6-4-5-7-13/h4-5,13-16H,6-12H2,1-3H3,(H,20,22)/t14-,15-,16?/m1/s1. The first kappa shape index (κ1) is 20.3. The molecule has 0 aromatic carbocycles. The van der Waals surface area contributed by atoms with Gasteiger partial charge in [-0.3, -0.25) is 9.59 Å². The SMILES string of the molecule is COC1CCN(C(=O)[C@@H]2CS(=O)(=O)C[C@H]2NC(=O)C2CC=CC2)CC1(C)C. The van der Waals surface area contributed by atoms with Crippen molar-refractivity contribution >= 4 is 21.7 Å². The Morgan fingerprint density at radius 1 is 1.19 bits per heavy atom. The van der Waals surface area contributed by atoms with Gasteiger partial charge in [0.05, 0.1) is 29.6 Å². The van der Waals surface area contributed by atoms with Crippen molar-refractivity contribution in [3.05, 3.63) is 12.2 Å².